The largest absolute Gasteiger partial charge is 0.497 e. The van der Waals surface area contributed by atoms with Crippen molar-refractivity contribution in [1.29, 1.82) is 0 Å². The van der Waals surface area contributed by atoms with E-state index in [1.54, 1.807) is 13.2 Å². The summed E-state index contributed by atoms with van der Waals surface area (Å²) in [5.41, 5.74) is 1.11. The highest BCUT2D eigenvalue weighted by atomic mass is 16.5. The first-order valence-corrected chi connectivity index (χ1v) is 8.89. The smallest absolute Gasteiger partial charge is 0.270 e. The number of amides is 1. The maximum atomic E-state index is 12.4. The van der Waals surface area contributed by atoms with Crippen LogP contribution in [-0.4, -0.2) is 62.4 Å². The molecule has 0 aliphatic carbocycles. The lowest BCUT2D eigenvalue weighted by Crippen LogP contribution is -2.38. The van der Waals surface area contributed by atoms with E-state index in [9.17, 15) is 4.79 Å². The molecule has 1 aromatic carbocycles. The Morgan fingerprint density at radius 1 is 1.19 bits per heavy atom. The molecule has 1 N–H and O–H groups in total. The summed E-state index contributed by atoms with van der Waals surface area (Å²) in [5.74, 6) is 1.81. The van der Waals surface area contributed by atoms with Crippen LogP contribution in [0.1, 0.15) is 16.2 Å². The van der Waals surface area contributed by atoms with Gasteiger partial charge in [-0.15, -0.1) is 0 Å². The van der Waals surface area contributed by atoms with Crippen LogP contribution in [0.25, 0.3) is 0 Å². The standard InChI is InChI=1S/C19H24N4O4/c1-14-13-17(22-19(21-14)23-8-11-26-12-9-23)18(24)20-7-10-27-16-5-3-15(25-2)4-6-16/h3-6,13H,7-12H2,1-2H3,(H,20,24). The summed E-state index contributed by atoms with van der Waals surface area (Å²) in [6.07, 6.45) is 0. The predicted octanol–water partition coefficient (Wildman–Crippen LogP) is 1.44. The lowest BCUT2D eigenvalue weighted by molar-refractivity contribution is 0.0941. The van der Waals surface area contributed by atoms with E-state index in [0.717, 1.165) is 30.3 Å². The van der Waals surface area contributed by atoms with Crippen molar-refractivity contribution in [1.82, 2.24) is 15.3 Å². The molecule has 0 radical (unpaired) electrons. The number of anilines is 1. The lowest BCUT2D eigenvalue weighted by Gasteiger charge is -2.27. The summed E-state index contributed by atoms with van der Waals surface area (Å²) in [6.45, 7) is 5.32. The Kier molecular flexibility index (Phi) is 6.43. The Hall–Kier alpha value is -2.87. The van der Waals surface area contributed by atoms with Crippen LogP contribution in [0.3, 0.4) is 0 Å². The molecule has 2 heterocycles. The SMILES string of the molecule is COc1ccc(OCCNC(=O)c2cc(C)nc(N3CCOCC3)n2)cc1. The van der Waals surface area contributed by atoms with Gasteiger partial charge in [-0.1, -0.05) is 0 Å². The number of hydrogen-bond acceptors (Lipinski definition) is 7. The quantitative estimate of drug-likeness (QED) is 0.736. The van der Waals surface area contributed by atoms with Crippen LogP contribution in [0.15, 0.2) is 30.3 Å². The number of nitrogens with one attached hydrogen (secondary N) is 1. The molecule has 27 heavy (non-hydrogen) atoms. The van der Waals surface area contributed by atoms with E-state index >= 15 is 0 Å². The van der Waals surface area contributed by atoms with E-state index in [2.05, 4.69) is 15.3 Å². The number of nitrogens with zero attached hydrogens (tertiary/aromatic N) is 3. The molecule has 1 saturated heterocycles. The zero-order chi connectivity index (χ0) is 19.1. The summed E-state index contributed by atoms with van der Waals surface area (Å²) < 4.78 is 16.1. The van der Waals surface area contributed by atoms with Gasteiger partial charge in [0.05, 0.1) is 26.9 Å². The fraction of sp³-hybridized carbons (Fsp3) is 0.421. The highest BCUT2D eigenvalue weighted by Crippen LogP contribution is 2.16. The van der Waals surface area contributed by atoms with Gasteiger partial charge in [-0.2, -0.15) is 0 Å². The number of aryl methyl sites for hydroxylation is 1. The molecule has 1 aromatic heterocycles. The number of benzene rings is 1. The van der Waals surface area contributed by atoms with Crippen LogP contribution in [0.4, 0.5) is 5.95 Å². The summed E-state index contributed by atoms with van der Waals surface area (Å²) >= 11 is 0. The summed E-state index contributed by atoms with van der Waals surface area (Å²) in [5, 5.41) is 2.83. The van der Waals surface area contributed by atoms with Gasteiger partial charge in [0, 0.05) is 18.8 Å². The van der Waals surface area contributed by atoms with Gasteiger partial charge in [-0.05, 0) is 37.3 Å². The molecule has 0 saturated carbocycles. The molecule has 3 rings (SSSR count). The zero-order valence-corrected chi connectivity index (χ0v) is 15.6. The molecule has 1 fully saturated rings. The molecular formula is C19H24N4O4. The van der Waals surface area contributed by atoms with Crippen molar-refractivity contribution in [3.63, 3.8) is 0 Å². The van der Waals surface area contributed by atoms with Gasteiger partial charge >= 0.3 is 0 Å². The minimum atomic E-state index is -0.242. The maximum absolute atomic E-state index is 12.4. The molecule has 0 bridgehead atoms. The Bertz CT molecular complexity index is 761. The minimum Gasteiger partial charge on any atom is -0.497 e. The number of carbonyl (C=O) groups is 1. The van der Waals surface area contributed by atoms with Crippen molar-refractivity contribution < 1.29 is 19.0 Å². The third kappa shape index (κ3) is 5.30. The number of ether oxygens (including phenoxy) is 3. The van der Waals surface area contributed by atoms with E-state index in [4.69, 9.17) is 14.2 Å². The van der Waals surface area contributed by atoms with Gasteiger partial charge in [-0.25, -0.2) is 9.97 Å². The highest BCUT2D eigenvalue weighted by molar-refractivity contribution is 5.92. The molecule has 144 valence electrons. The van der Waals surface area contributed by atoms with Crippen molar-refractivity contribution in [3.8, 4) is 11.5 Å². The Morgan fingerprint density at radius 2 is 1.89 bits per heavy atom. The molecule has 8 heteroatoms. The van der Waals surface area contributed by atoms with Gasteiger partial charge < -0.3 is 24.4 Å². The zero-order valence-electron chi connectivity index (χ0n) is 15.6. The van der Waals surface area contributed by atoms with Gasteiger partial charge in [0.1, 0.15) is 23.8 Å². The number of morpholine rings is 1. The molecule has 0 atom stereocenters. The van der Waals surface area contributed by atoms with E-state index < -0.39 is 0 Å². The van der Waals surface area contributed by atoms with Crippen molar-refractivity contribution in [2.75, 3.05) is 51.5 Å². The second-order valence-electron chi connectivity index (χ2n) is 6.07. The predicted molar refractivity (Wildman–Crippen MR) is 101 cm³/mol. The monoisotopic (exact) mass is 372 g/mol. The summed E-state index contributed by atoms with van der Waals surface area (Å²) in [6, 6.07) is 8.98. The number of carbonyl (C=O) groups excluding carboxylic acids is 1. The Morgan fingerprint density at radius 3 is 2.59 bits per heavy atom. The van der Waals surface area contributed by atoms with Crippen molar-refractivity contribution in [2.24, 2.45) is 0 Å². The van der Waals surface area contributed by atoms with Crippen LogP contribution >= 0.6 is 0 Å². The van der Waals surface area contributed by atoms with Crippen LogP contribution < -0.4 is 19.7 Å². The fourth-order valence-electron chi connectivity index (χ4n) is 2.67. The van der Waals surface area contributed by atoms with Gasteiger partial charge in [0.25, 0.3) is 5.91 Å². The number of aromatic nitrogens is 2. The summed E-state index contributed by atoms with van der Waals surface area (Å²) in [7, 11) is 1.62. The van der Waals surface area contributed by atoms with Gasteiger partial charge in [0.2, 0.25) is 5.95 Å². The minimum absolute atomic E-state index is 0.242. The van der Waals surface area contributed by atoms with E-state index in [1.165, 1.54) is 0 Å². The molecule has 2 aromatic rings. The molecular weight excluding hydrogens is 348 g/mol. The van der Waals surface area contributed by atoms with E-state index in [-0.39, 0.29) is 5.91 Å². The van der Waals surface area contributed by atoms with Crippen LogP contribution in [0.2, 0.25) is 0 Å². The van der Waals surface area contributed by atoms with Crippen molar-refractivity contribution in [3.05, 3.63) is 41.7 Å². The van der Waals surface area contributed by atoms with Gasteiger partial charge in [0.15, 0.2) is 0 Å². The van der Waals surface area contributed by atoms with Crippen LogP contribution in [0, 0.1) is 6.92 Å². The maximum Gasteiger partial charge on any atom is 0.270 e. The average molecular weight is 372 g/mol. The molecule has 0 spiro atoms. The molecule has 0 unspecified atom stereocenters. The molecule has 1 aliphatic heterocycles. The number of methoxy groups -OCH3 is 1. The second-order valence-corrected chi connectivity index (χ2v) is 6.07. The first-order valence-electron chi connectivity index (χ1n) is 8.89. The molecule has 1 aliphatic rings. The van der Waals surface area contributed by atoms with Crippen LogP contribution in [0.5, 0.6) is 11.5 Å². The van der Waals surface area contributed by atoms with E-state index in [0.29, 0.717) is 38.0 Å². The highest BCUT2D eigenvalue weighted by Gasteiger charge is 2.17. The molecule has 8 nitrogen and oxygen atoms in total. The average Bonchev–Trinajstić information content (AvgIpc) is 2.71. The van der Waals surface area contributed by atoms with Crippen LogP contribution in [-0.2, 0) is 4.74 Å². The lowest BCUT2D eigenvalue weighted by atomic mass is 10.3. The third-order valence-corrected chi connectivity index (χ3v) is 4.08. The number of hydrogen-bond donors (Lipinski definition) is 1. The van der Waals surface area contributed by atoms with Crippen molar-refractivity contribution >= 4 is 11.9 Å². The normalized spacial score (nSPS) is 13.9. The van der Waals surface area contributed by atoms with Gasteiger partial charge in [-0.3, -0.25) is 4.79 Å². The van der Waals surface area contributed by atoms with Crippen molar-refractivity contribution in [2.45, 2.75) is 6.92 Å². The number of rotatable bonds is 7. The summed E-state index contributed by atoms with van der Waals surface area (Å²) in [4.78, 5) is 23.3. The Balaban J connectivity index is 1.51. The van der Waals surface area contributed by atoms with E-state index in [1.807, 2.05) is 36.1 Å². The first kappa shape index (κ1) is 18.9. The third-order valence-electron chi connectivity index (χ3n) is 4.08. The second kappa shape index (κ2) is 9.18. The fourth-order valence-corrected chi connectivity index (χ4v) is 2.67. The molecule has 1 amide bonds. The first-order chi connectivity index (χ1) is 13.2. The Labute approximate surface area is 158 Å². The topological polar surface area (TPSA) is 85.8 Å².